The monoisotopic (exact) mass is 605 g/mol. The molecule has 1 unspecified atom stereocenters. The smallest absolute Gasteiger partial charge is 0.244 e. The van der Waals surface area contributed by atoms with Gasteiger partial charge in [-0.15, -0.1) is 23.7 Å². The van der Waals surface area contributed by atoms with Crippen LogP contribution in [0.25, 0.3) is 0 Å². The molecule has 0 radical (unpaired) electrons. The van der Waals surface area contributed by atoms with Crippen LogP contribution in [0.4, 0.5) is 5.69 Å². The van der Waals surface area contributed by atoms with Gasteiger partial charge in [-0.25, -0.2) is 13.4 Å². The van der Waals surface area contributed by atoms with E-state index in [1.807, 2.05) is 17.5 Å². The second kappa shape index (κ2) is 13.8. The molecule has 0 spiro atoms. The zero-order valence-electron chi connectivity index (χ0n) is 22.4. The minimum absolute atomic E-state index is 0. The van der Waals surface area contributed by atoms with E-state index in [-0.39, 0.29) is 30.4 Å². The Morgan fingerprint density at radius 2 is 1.68 bits per heavy atom. The van der Waals surface area contributed by atoms with Crippen LogP contribution >= 0.6 is 23.7 Å². The molecule has 3 aromatic rings. The number of piperidine rings is 1. The number of benzene rings is 2. The third-order valence-corrected chi connectivity index (χ3v) is 8.57. The van der Waals surface area contributed by atoms with E-state index >= 15 is 0 Å². The van der Waals surface area contributed by atoms with Crippen LogP contribution in [0.15, 0.2) is 60.1 Å². The Labute approximate surface area is 246 Å². The molecular formula is C28H36ClN5O4S2. The molecule has 2 aliphatic rings. The van der Waals surface area contributed by atoms with Crippen molar-refractivity contribution in [3.05, 3.63) is 70.7 Å². The average molecular weight is 606 g/mol. The lowest BCUT2D eigenvalue weighted by Crippen LogP contribution is -2.49. The van der Waals surface area contributed by atoms with Gasteiger partial charge in [0, 0.05) is 35.9 Å². The van der Waals surface area contributed by atoms with Crippen LogP contribution in [0.1, 0.15) is 48.7 Å². The molecule has 12 heteroatoms. The first-order chi connectivity index (χ1) is 18.8. The molecule has 1 aliphatic heterocycles. The molecule has 0 bridgehead atoms. The molecule has 1 aliphatic carbocycles. The summed E-state index contributed by atoms with van der Waals surface area (Å²) in [4.78, 5) is 19.8. The molecule has 40 heavy (non-hydrogen) atoms. The molecule has 2 aromatic carbocycles. The number of carbonyl (C=O) groups is 1. The highest BCUT2D eigenvalue weighted by Crippen LogP contribution is 2.26. The van der Waals surface area contributed by atoms with Crippen molar-refractivity contribution in [3.8, 4) is 11.5 Å². The Balaban J connectivity index is 0.00000370. The van der Waals surface area contributed by atoms with E-state index in [1.54, 1.807) is 30.5 Å². The van der Waals surface area contributed by atoms with Crippen molar-refractivity contribution in [2.75, 3.05) is 24.1 Å². The highest BCUT2D eigenvalue weighted by molar-refractivity contribution is 7.92. The van der Waals surface area contributed by atoms with Gasteiger partial charge in [-0.1, -0.05) is 12.1 Å². The molecule has 1 saturated heterocycles. The van der Waals surface area contributed by atoms with Crippen molar-refractivity contribution in [2.45, 2.75) is 56.8 Å². The number of anilines is 1. The zero-order chi connectivity index (χ0) is 27.2. The van der Waals surface area contributed by atoms with Crippen LogP contribution in [0.2, 0.25) is 0 Å². The number of amides is 1. The van der Waals surface area contributed by atoms with Gasteiger partial charge >= 0.3 is 0 Å². The van der Waals surface area contributed by atoms with Crippen LogP contribution in [0.3, 0.4) is 0 Å². The molecule has 216 valence electrons. The lowest BCUT2D eigenvalue weighted by molar-refractivity contribution is -0.124. The van der Waals surface area contributed by atoms with Crippen LogP contribution in [0.5, 0.6) is 11.5 Å². The summed E-state index contributed by atoms with van der Waals surface area (Å²) in [5.74, 6) is 1.40. The van der Waals surface area contributed by atoms with Gasteiger partial charge in [-0.2, -0.15) is 0 Å². The lowest BCUT2D eigenvalue weighted by atomic mass is 9.93. The molecule has 1 atom stereocenters. The van der Waals surface area contributed by atoms with Crippen molar-refractivity contribution in [1.29, 1.82) is 0 Å². The van der Waals surface area contributed by atoms with Gasteiger partial charge in [0.25, 0.3) is 0 Å². The third-order valence-electron chi connectivity index (χ3n) is 7.12. The maximum absolute atomic E-state index is 13.0. The van der Waals surface area contributed by atoms with Crippen molar-refractivity contribution in [1.82, 2.24) is 20.5 Å². The Kier molecular flexibility index (Phi) is 10.4. The van der Waals surface area contributed by atoms with E-state index in [9.17, 15) is 13.2 Å². The SMILES string of the molecule is CS(=O)(=O)Nc1ccc(Oc2ccc(CN3CCC(NC(C(=O)NC4CCC4)c4nccs4)CC3)cc2)cc1.Cl. The standard InChI is InChI=1S/C28H35N5O4S2.ClH/c1-39(35,36)32-23-7-11-25(12-8-23)37-24-9-5-20(6-10-24)19-33-16-13-22(14-17-33)30-26(28-29-15-18-38-28)27(34)31-21-3-2-4-21;/h5-12,15,18,21-22,26,30,32H,2-4,13-14,16-17,19H2,1H3,(H,31,34);1H. The summed E-state index contributed by atoms with van der Waals surface area (Å²) in [6, 6.07) is 15.0. The van der Waals surface area contributed by atoms with E-state index < -0.39 is 10.0 Å². The summed E-state index contributed by atoms with van der Waals surface area (Å²) in [6.07, 6.45) is 8.16. The second-order valence-corrected chi connectivity index (χ2v) is 13.0. The molecule has 1 aromatic heterocycles. The van der Waals surface area contributed by atoms with Crippen molar-refractivity contribution < 1.29 is 17.9 Å². The maximum atomic E-state index is 13.0. The van der Waals surface area contributed by atoms with Gasteiger partial charge in [0.05, 0.1) is 6.26 Å². The fourth-order valence-corrected chi connectivity index (χ4v) is 6.09. The maximum Gasteiger partial charge on any atom is 0.244 e. The minimum atomic E-state index is -3.31. The Hall–Kier alpha value is -2.70. The van der Waals surface area contributed by atoms with Gasteiger partial charge in [0.1, 0.15) is 22.5 Å². The van der Waals surface area contributed by atoms with Crippen LogP contribution in [-0.2, 0) is 21.4 Å². The minimum Gasteiger partial charge on any atom is -0.457 e. The van der Waals surface area contributed by atoms with Crippen LogP contribution < -0.4 is 20.1 Å². The molecule has 1 amide bonds. The number of sulfonamides is 1. The van der Waals surface area contributed by atoms with Gasteiger partial charge in [0.2, 0.25) is 15.9 Å². The van der Waals surface area contributed by atoms with E-state index in [2.05, 4.69) is 37.4 Å². The van der Waals surface area contributed by atoms with Gasteiger partial charge in [-0.05, 0) is 87.2 Å². The van der Waals surface area contributed by atoms with Gasteiger partial charge < -0.3 is 10.1 Å². The molecular weight excluding hydrogens is 570 g/mol. The van der Waals surface area contributed by atoms with Crippen molar-refractivity contribution in [2.24, 2.45) is 0 Å². The number of likely N-dealkylation sites (tertiary alicyclic amines) is 1. The number of hydrogen-bond donors (Lipinski definition) is 3. The number of aromatic nitrogens is 1. The van der Waals surface area contributed by atoms with Crippen molar-refractivity contribution in [3.63, 3.8) is 0 Å². The summed E-state index contributed by atoms with van der Waals surface area (Å²) >= 11 is 1.53. The lowest BCUT2D eigenvalue weighted by Gasteiger charge is -2.35. The summed E-state index contributed by atoms with van der Waals surface area (Å²) in [6.45, 7) is 2.77. The zero-order valence-corrected chi connectivity index (χ0v) is 24.9. The topological polar surface area (TPSA) is 113 Å². The summed E-state index contributed by atoms with van der Waals surface area (Å²) < 4.78 is 31.1. The molecule has 5 rings (SSSR count). The predicted octanol–water partition coefficient (Wildman–Crippen LogP) is 4.69. The number of nitrogens with zero attached hydrogens (tertiary/aromatic N) is 2. The van der Waals surface area contributed by atoms with Crippen LogP contribution in [0, 0.1) is 0 Å². The number of carbonyl (C=O) groups excluding carboxylic acids is 1. The fourth-order valence-electron chi connectivity index (χ4n) is 4.83. The first-order valence-corrected chi connectivity index (χ1v) is 16.1. The molecule has 2 fully saturated rings. The Bertz CT molecular complexity index is 1330. The average Bonchev–Trinajstić information content (AvgIpc) is 3.42. The van der Waals surface area contributed by atoms with Crippen LogP contribution in [-0.4, -0.2) is 55.6 Å². The van der Waals surface area contributed by atoms with Crippen molar-refractivity contribution >= 4 is 45.4 Å². The number of ether oxygens (including phenoxy) is 1. The van der Waals surface area contributed by atoms with E-state index in [1.165, 1.54) is 23.3 Å². The van der Waals surface area contributed by atoms with E-state index in [0.29, 0.717) is 17.5 Å². The fraction of sp³-hybridized carbons (Fsp3) is 0.429. The molecule has 1 saturated carbocycles. The normalized spacial score (nSPS) is 17.3. The number of rotatable bonds is 11. The summed E-state index contributed by atoms with van der Waals surface area (Å²) in [5.41, 5.74) is 1.71. The number of halogens is 1. The quantitative estimate of drug-likeness (QED) is 0.291. The summed E-state index contributed by atoms with van der Waals surface area (Å²) in [7, 11) is -3.31. The highest BCUT2D eigenvalue weighted by Gasteiger charge is 2.30. The Morgan fingerprint density at radius 3 is 2.23 bits per heavy atom. The number of hydrogen-bond acceptors (Lipinski definition) is 8. The van der Waals surface area contributed by atoms with Gasteiger partial charge in [0.15, 0.2) is 0 Å². The largest absolute Gasteiger partial charge is 0.457 e. The van der Waals surface area contributed by atoms with E-state index in [0.717, 1.165) is 62.3 Å². The number of nitrogens with one attached hydrogen (secondary N) is 3. The highest BCUT2D eigenvalue weighted by atomic mass is 35.5. The first-order valence-electron chi connectivity index (χ1n) is 13.3. The molecule has 3 N–H and O–H groups in total. The van der Waals surface area contributed by atoms with Gasteiger partial charge in [-0.3, -0.25) is 19.7 Å². The second-order valence-electron chi connectivity index (χ2n) is 10.3. The first kappa shape index (κ1) is 30.3. The van der Waals surface area contributed by atoms with E-state index in [4.69, 9.17) is 4.74 Å². The Morgan fingerprint density at radius 1 is 1.02 bits per heavy atom. The third kappa shape index (κ3) is 8.65. The molecule has 9 nitrogen and oxygen atoms in total. The summed E-state index contributed by atoms with van der Waals surface area (Å²) in [5, 5.41) is 9.54. The predicted molar refractivity (Wildman–Crippen MR) is 161 cm³/mol. The number of thiazole rings is 1. The molecule has 2 heterocycles.